The fourth-order valence-electron chi connectivity index (χ4n) is 1.55. The Morgan fingerprint density at radius 2 is 2.05 bits per heavy atom. The zero-order valence-corrected chi connectivity index (χ0v) is 11.6. The van der Waals surface area contributed by atoms with Crippen LogP contribution in [0, 0.1) is 13.8 Å². The molecule has 100 valence electrons. The van der Waals surface area contributed by atoms with Gasteiger partial charge in [0.15, 0.2) is 11.0 Å². The molecule has 0 aliphatic carbocycles. The molecule has 0 aliphatic rings. The molecule has 2 aromatic heterocycles. The SMILES string of the molecule is Cc1cc(/C(N)=N/O)nc(Sc2cc(C)nn2C)n1. The second-order valence-corrected chi connectivity index (χ2v) is 5.00. The number of amidine groups is 1. The molecule has 0 amide bonds. The highest BCUT2D eigenvalue weighted by Gasteiger charge is 2.10. The van der Waals surface area contributed by atoms with E-state index in [0.29, 0.717) is 10.9 Å². The van der Waals surface area contributed by atoms with Gasteiger partial charge in [0.2, 0.25) is 0 Å². The summed E-state index contributed by atoms with van der Waals surface area (Å²) < 4.78 is 1.76. The summed E-state index contributed by atoms with van der Waals surface area (Å²) in [6, 6.07) is 3.60. The minimum Gasteiger partial charge on any atom is -0.409 e. The Morgan fingerprint density at radius 3 is 2.63 bits per heavy atom. The molecule has 0 unspecified atom stereocenters. The number of aromatic nitrogens is 4. The topological polar surface area (TPSA) is 102 Å². The standard InChI is InChI=1S/C11H14N6OS/c1-6-4-8(10(12)16-18)14-11(13-6)19-9-5-7(2)15-17(9)3/h4-5,18H,1-3H3,(H2,12,16). The first-order chi connectivity index (χ1) is 8.99. The van der Waals surface area contributed by atoms with Crippen LogP contribution in [0.3, 0.4) is 0 Å². The smallest absolute Gasteiger partial charge is 0.194 e. The van der Waals surface area contributed by atoms with Crippen molar-refractivity contribution in [3.63, 3.8) is 0 Å². The monoisotopic (exact) mass is 278 g/mol. The van der Waals surface area contributed by atoms with Crippen LogP contribution < -0.4 is 5.73 Å². The fourth-order valence-corrected chi connectivity index (χ4v) is 2.47. The largest absolute Gasteiger partial charge is 0.409 e. The van der Waals surface area contributed by atoms with Crippen molar-refractivity contribution in [2.24, 2.45) is 17.9 Å². The van der Waals surface area contributed by atoms with Gasteiger partial charge in [-0.25, -0.2) is 9.97 Å². The van der Waals surface area contributed by atoms with E-state index in [1.165, 1.54) is 11.8 Å². The van der Waals surface area contributed by atoms with Crippen molar-refractivity contribution in [2.75, 3.05) is 0 Å². The highest BCUT2D eigenvalue weighted by Crippen LogP contribution is 2.25. The fraction of sp³-hybridized carbons (Fsp3) is 0.273. The maximum absolute atomic E-state index is 8.69. The van der Waals surface area contributed by atoms with Gasteiger partial charge >= 0.3 is 0 Å². The van der Waals surface area contributed by atoms with Gasteiger partial charge in [-0.15, -0.1) is 0 Å². The Kier molecular flexibility index (Phi) is 3.70. The highest BCUT2D eigenvalue weighted by molar-refractivity contribution is 7.99. The van der Waals surface area contributed by atoms with Gasteiger partial charge in [-0.05, 0) is 37.7 Å². The quantitative estimate of drug-likeness (QED) is 0.286. The predicted octanol–water partition coefficient (Wildman–Crippen LogP) is 1.07. The van der Waals surface area contributed by atoms with Gasteiger partial charge in [0.05, 0.1) is 5.69 Å². The third-order valence-corrected chi connectivity index (χ3v) is 3.32. The summed E-state index contributed by atoms with van der Waals surface area (Å²) in [6.45, 7) is 3.75. The van der Waals surface area contributed by atoms with Gasteiger partial charge in [-0.2, -0.15) is 5.10 Å². The zero-order chi connectivity index (χ0) is 14.0. The van der Waals surface area contributed by atoms with E-state index in [-0.39, 0.29) is 5.84 Å². The second kappa shape index (κ2) is 5.27. The summed E-state index contributed by atoms with van der Waals surface area (Å²) in [4.78, 5) is 8.56. The van der Waals surface area contributed by atoms with E-state index in [9.17, 15) is 0 Å². The summed E-state index contributed by atoms with van der Waals surface area (Å²) in [6.07, 6.45) is 0. The van der Waals surface area contributed by atoms with Crippen LogP contribution in [0.15, 0.2) is 27.5 Å². The zero-order valence-electron chi connectivity index (χ0n) is 10.8. The maximum atomic E-state index is 8.69. The molecule has 3 N–H and O–H groups in total. The average molecular weight is 278 g/mol. The van der Waals surface area contributed by atoms with Crippen LogP contribution in [-0.2, 0) is 7.05 Å². The molecule has 0 saturated carbocycles. The van der Waals surface area contributed by atoms with E-state index in [4.69, 9.17) is 10.9 Å². The van der Waals surface area contributed by atoms with Crippen molar-refractivity contribution in [1.29, 1.82) is 0 Å². The Morgan fingerprint density at radius 1 is 1.32 bits per heavy atom. The minimum absolute atomic E-state index is 0.0338. The first-order valence-electron chi connectivity index (χ1n) is 5.51. The van der Waals surface area contributed by atoms with E-state index in [2.05, 4.69) is 20.2 Å². The molecule has 2 rings (SSSR count). The van der Waals surface area contributed by atoms with Gasteiger partial charge in [-0.3, -0.25) is 4.68 Å². The molecule has 0 aromatic carbocycles. The van der Waals surface area contributed by atoms with Crippen molar-refractivity contribution in [1.82, 2.24) is 19.7 Å². The van der Waals surface area contributed by atoms with E-state index < -0.39 is 0 Å². The van der Waals surface area contributed by atoms with E-state index >= 15 is 0 Å². The van der Waals surface area contributed by atoms with Gasteiger partial charge in [0.25, 0.3) is 0 Å². The van der Waals surface area contributed by atoms with Crippen LogP contribution in [0.25, 0.3) is 0 Å². The van der Waals surface area contributed by atoms with Gasteiger partial charge in [-0.1, -0.05) is 5.16 Å². The van der Waals surface area contributed by atoms with Gasteiger partial charge < -0.3 is 10.9 Å². The summed E-state index contributed by atoms with van der Waals surface area (Å²) >= 11 is 1.38. The van der Waals surface area contributed by atoms with E-state index in [1.54, 1.807) is 10.7 Å². The lowest BCUT2D eigenvalue weighted by atomic mass is 10.3. The molecule has 8 heteroatoms. The van der Waals surface area contributed by atoms with Crippen molar-refractivity contribution < 1.29 is 5.21 Å². The number of aryl methyl sites for hydroxylation is 3. The third kappa shape index (κ3) is 3.02. The number of rotatable bonds is 3. The molecule has 0 fully saturated rings. The first kappa shape index (κ1) is 13.3. The molecule has 2 aromatic rings. The van der Waals surface area contributed by atoms with Crippen molar-refractivity contribution in [2.45, 2.75) is 24.0 Å². The lowest BCUT2D eigenvalue weighted by Gasteiger charge is -2.04. The normalized spacial score (nSPS) is 11.8. The predicted molar refractivity (Wildman–Crippen MR) is 71.3 cm³/mol. The number of hydrogen-bond acceptors (Lipinski definition) is 6. The summed E-state index contributed by atoms with van der Waals surface area (Å²) in [5.41, 5.74) is 7.62. The lowest BCUT2D eigenvalue weighted by Crippen LogP contribution is -2.16. The maximum Gasteiger partial charge on any atom is 0.194 e. The second-order valence-electron chi connectivity index (χ2n) is 4.01. The van der Waals surface area contributed by atoms with Crippen LogP contribution in [-0.4, -0.2) is 30.8 Å². The molecule has 0 saturated heterocycles. The van der Waals surface area contributed by atoms with Crippen molar-refractivity contribution in [3.8, 4) is 0 Å². The number of oxime groups is 1. The molecule has 0 aliphatic heterocycles. The molecular formula is C11H14N6OS. The first-order valence-corrected chi connectivity index (χ1v) is 6.33. The number of hydrogen-bond donors (Lipinski definition) is 2. The summed E-state index contributed by atoms with van der Waals surface area (Å²) in [7, 11) is 1.86. The van der Waals surface area contributed by atoms with Gasteiger partial charge in [0.1, 0.15) is 10.7 Å². The molecule has 2 heterocycles. The van der Waals surface area contributed by atoms with Crippen LogP contribution in [0.5, 0.6) is 0 Å². The average Bonchev–Trinajstić information content (AvgIpc) is 2.66. The third-order valence-electron chi connectivity index (χ3n) is 2.36. The Balaban J connectivity index is 2.35. The summed E-state index contributed by atoms with van der Waals surface area (Å²) in [5.74, 6) is -0.0338. The molecule has 0 atom stereocenters. The van der Waals surface area contributed by atoms with Crippen molar-refractivity contribution >= 4 is 17.6 Å². The van der Waals surface area contributed by atoms with Crippen LogP contribution >= 0.6 is 11.8 Å². The lowest BCUT2D eigenvalue weighted by molar-refractivity contribution is 0.318. The molecule has 0 radical (unpaired) electrons. The van der Waals surface area contributed by atoms with Crippen LogP contribution in [0.2, 0.25) is 0 Å². The van der Waals surface area contributed by atoms with E-state index in [0.717, 1.165) is 16.4 Å². The highest BCUT2D eigenvalue weighted by atomic mass is 32.2. The molecule has 19 heavy (non-hydrogen) atoms. The number of nitrogens with two attached hydrogens (primary N) is 1. The summed E-state index contributed by atoms with van der Waals surface area (Å²) in [5, 5.41) is 17.3. The van der Waals surface area contributed by atoms with Crippen LogP contribution in [0.4, 0.5) is 0 Å². The van der Waals surface area contributed by atoms with Crippen LogP contribution in [0.1, 0.15) is 17.1 Å². The minimum atomic E-state index is -0.0338. The number of nitrogens with zero attached hydrogens (tertiary/aromatic N) is 5. The molecule has 0 spiro atoms. The molecule has 7 nitrogen and oxygen atoms in total. The van der Waals surface area contributed by atoms with Gasteiger partial charge in [0, 0.05) is 12.7 Å². The Hall–Kier alpha value is -2.09. The van der Waals surface area contributed by atoms with Crippen molar-refractivity contribution in [3.05, 3.63) is 29.2 Å². The van der Waals surface area contributed by atoms with E-state index in [1.807, 2.05) is 27.0 Å². The molecule has 0 bridgehead atoms. The Labute approximate surface area is 114 Å². The molecular weight excluding hydrogens is 264 g/mol. The Bertz CT molecular complexity index is 636.